The Kier molecular flexibility index (Phi) is 7.53. The van der Waals surface area contributed by atoms with Gasteiger partial charge in [-0.3, -0.25) is 14.3 Å². The van der Waals surface area contributed by atoms with Gasteiger partial charge in [-0.1, -0.05) is 36.4 Å². The number of benzene rings is 3. The van der Waals surface area contributed by atoms with Gasteiger partial charge in [0.1, 0.15) is 0 Å². The second kappa shape index (κ2) is 10.4. The maximum absolute atomic E-state index is 13.2. The van der Waals surface area contributed by atoms with E-state index in [1.165, 1.54) is 6.07 Å². The van der Waals surface area contributed by atoms with Crippen LogP contribution in [0.5, 0.6) is 0 Å². The second-order valence-electron chi connectivity index (χ2n) is 7.83. The molecule has 0 aliphatic rings. The van der Waals surface area contributed by atoms with Crippen LogP contribution >= 0.6 is 0 Å². The van der Waals surface area contributed by atoms with Gasteiger partial charge in [-0.2, -0.15) is 0 Å². The summed E-state index contributed by atoms with van der Waals surface area (Å²) in [6.07, 6.45) is 1.56. The molecular formula is C26H27N3O4S. The van der Waals surface area contributed by atoms with Crippen molar-refractivity contribution in [1.82, 2.24) is 5.32 Å². The summed E-state index contributed by atoms with van der Waals surface area (Å²) in [6.45, 7) is 9.26. The van der Waals surface area contributed by atoms with Crippen LogP contribution in [0.4, 0.5) is 11.4 Å². The highest BCUT2D eigenvalue weighted by molar-refractivity contribution is 7.92. The van der Waals surface area contributed by atoms with E-state index in [4.69, 9.17) is 0 Å². The number of carbonyl (C=O) groups is 2. The molecule has 0 heterocycles. The Morgan fingerprint density at radius 1 is 0.882 bits per heavy atom. The number of para-hydroxylation sites is 1. The Bertz CT molecular complexity index is 1360. The fraction of sp³-hybridized carbons (Fsp3) is 0.154. The first-order chi connectivity index (χ1) is 16.1. The van der Waals surface area contributed by atoms with E-state index in [1.807, 2.05) is 19.9 Å². The van der Waals surface area contributed by atoms with Crippen molar-refractivity contribution in [2.45, 2.75) is 25.7 Å². The van der Waals surface area contributed by atoms with E-state index >= 15 is 0 Å². The average molecular weight is 478 g/mol. The number of carbonyl (C=O) groups excluding carboxylic acids is 2. The van der Waals surface area contributed by atoms with Crippen LogP contribution in [0.3, 0.4) is 0 Å². The third-order valence-corrected chi connectivity index (χ3v) is 6.92. The maximum atomic E-state index is 13.2. The van der Waals surface area contributed by atoms with Crippen molar-refractivity contribution in [2.75, 3.05) is 16.6 Å². The van der Waals surface area contributed by atoms with Crippen molar-refractivity contribution in [3.63, 3.8) is 0 Å². The van der Waals surface area contributed by atoms with Crippen LogP contribution in [0, 0.1) is 20.8 Å². The molecular weight excluding hydrogens is 450 g/mol. The summed E-state index contributed by atoms with van der Waals surface area (Å²) < 4.78 is 28.9. The molecule has 0 atom stereocenters. The van der Waals surface area contributed by atoms with E-state index in [0.717, 1.165) is 11.1 Å². The van der Waals surface area contributed by atoms with Crippen molar-refractivity contribution in [1.29, 1.82) is 0 Å². The summed E-state index contributed by atoms with van der Waals surface area (Å²) in [5.41, 5.74) is 3.51. The first-order valence-corrected chi connectivity index (χ1v) is 12.1. The van der Waals surface area contributed by atoms with Gasteiger partial charge in [0.05, 0.1) is 21.8 Å². The monoisotopic (exact) mass is 477 g/mol. The number of nitrogens with one attached hydrogen (secondary N) is 3. The van der Waals surface area contributed by atoms with E-state index in [-0.39, 0.29) is 28.5 Å². The van der Waals surface area contributed by atoms with Crippen molar-refractivity contribution >= 4 is 33.2 Å². The Labute approximate surface area is 200 Å². The molecule has 3 aromatic rings. The molecule has 0 bridgehead atoms. The van der Waals surface area contributed by atoms with Gasteiger partial charge in [0.25, 0.3) is 21.8 Å². The van der Waals surface area contributed by atoms with Gasteiger partial charge >= 0.3 is 0 Å². The lowest BCUT2D eigenvalue weighted by Crippen LogP contribution is -2.25. The summed E-state index contributed by atoms with van der Waals surface area (Å²) in [7, 11) is -3.95. The molecule has 7 nitrogen and oxygen atoms in total. The minimum Gasteiger partial charge on any atom is -0.349 e. The fourth-order valence-corrected chi connectivity index (χ4v) is 4.73. The molecule has 0 fully saturated rings. The summed E-state index contributed by atoms with van der Waals surface area (Å²) in [5.74, 6) is -0.896. The van der Waals surface area contributed by atoms with Gasteiger partial charge in [0, 0.05) is 12.1 Å². The second-order valence-corrected chi connectivity index (χ2v) is 9.48. The Hall–Kier alpha value is -3.91. The smallest absolute Gasteiger partial charge is 0.262 e. The summed E-state index contributed by atoms with van der Waals surface area (Å²) in [6, 6.07) is 16.4. The number of sulfonamides is 1. The van der Waals surface area contributed by atoms with Gasteiger partial charge < -0.3 is 10.6 Å². The minimum absolute atomic E-state index is 0.00179. The van der Waals surface area contributed by atoms with Gasteiger partial charge in [-0.25, -0.2) is 8.42 Å². The molecule has 2 amide bonds. The van der Waals surface area contributed by atoms with Gasteiger partial charge in [-0.05, 0) is 67.8 Å². The number of hydrogen-bond donors (Lipinski definition) is 3. The Morgan fingerprint density at radius 2 is 1.59 bits per heavy atom. The quantitative estimate of drug-likeness (QED) is 0.413. The van der Waals surface area contributed by atoms with E-state index in [9.17, 15) is 18.0 Å². The minimum atomic E-state index is -3.95. The highest BCUT2D eigenvalue weighted by atomic mass is 32.2. The standard InChI is InChI=1S/C26H27N3O4S/c1-5-15-27-26(31)21-10-6-7-11-23(21)28-25(30)20-14-13-18(3)24(16-20)34(32,33)29-22-12-8-9-17(2)19(22)4/h5-14,16,29H,1,15H2,2-4H3,(H,27,31)(H,28,30). The predicted octanol–water partition coefficient (Wildman–Crippen LogP) is 4.58. The van der Waals surface area contributed by atoms with E-state index in [1.54, 1.807) is 61.5 Å². The molecule has 34 heavy (non-hydrogen) atoms. The third-order valence-electron chi connectivity index (χ3n) is 5.42. The number of hydrogen-bond acceptors (Lipinski definition) is 4. The van der Waals surface area contributed by atoms with Gasteiger partial charge in [0.15, 0.2) is 0 Å². The lowest BCUT2D eigenvalue weighted by atomic mass is 10.1. The topological polar surface area (TPSA) is 104 Å². The van der Waals surface area contributed by atoms with Crippen LogP contribution in [-0.4, -0.2) is 26.8 Å². The van der Waals surface area contributed by atoms with E-state index < -0.39 is 15.9 Å². The van der Waals surface area contributed by atoms with Crippen LogP contribution in [0.15, 0.2) is 78.2 Å². The molecule has 0 spiro atoms. The number of rotatable bonds is 8. The molecule has 3 N–H and O–H groups in total. The molecule has 0 aliphatic carbocycles. The van der Waals surface area contributed by atoms with Crippen LogP contribution in [0.1, 0.15) is 37.4 Å². The number of amides is 2. The Morgan fingerprint density at radius 3 is 2.32 bits per heavy atom. The zero-order valence-electron chi connectivity index (χ0n) is 19.3. The molecule has 176 valence electrons. The van der Waals surface area contributed by atoms with Crippen LogP contribution < -0.4 is 15.4 Å². The molecule has 0 saturated carbocycles. The molecule has 0 unspecified atom stereocenters. The zero-order chi connectivity index (χ0) is 24.9. The highest BCUT2D eigenvalue weighted by Gasteiger charge is 2.21. The third kappa shape index (κ3) is 5.52. The maximum Gasteiger partial charge on any atom is 0.262 e. The van der Waals surface area contributed by atoms with E-state index in [2.05, 4.69) is 21.9 Å². The molecule has 8 heteroatoms. The zero-order valence-corrected chi connectivity index (χ0v) is 20.1. The highest BCUT2D eigenvalue weighted by Crippen LogP contribution is 2.25. The van der Waals surface area contributed by atoms with Crippen LogP contribution in [0.25, 0.3) is 0 Å². The van der Waals surface area contributed by atoms with Crippen molar-refractivity contribution in [3.8, 4) is 0 Å². The first kappa shape index (κ1) is 24.7. The SMILES string of the molecule is C=CCNC(=O)c1ccccc1NC(=O)c1ccc(C)c(S(=O)(=O)Nc2cccc(C)c2C)c1. The first-order valence-electron chi connectivity index (χ1n) is 10.6. The molecule has 0 aliphatic heterocycles. The number of aryl methyl sites for hydroxylation is 2. The van der Waals surface area contributed by atoms with Crippen LogP contribution in [-0.2, 0) is 10.0 Å². The Balaban J connectivity index is 1.89. The van der Waals surface area contributed by atoms with Crippen molar-refractivity contribution in [2.24, 2.45) is 0 Å². The number of anilines is 2. The molecule has 0 radical (unpaired) electrons. The fourth-order valence-electron chi connectivity index (χ4n) is 3.34. The molecule has 0 aromatic heterocycles. The van der Waals surface area contributed by atoms with Crippen molar-refractivity contribution < 1.29 is 18.0 Å². The van der Waals surface area contributed by atoms with Gasteiger partial charge in [-0.15, -0.1) is 6.58 Å². The lowest BCUT2D eigenvalue weighted by Gasteiger charge is -2.15. The summed E-state index contributed by atoms with van der Waals surface area (Å²) >= 11 is 0. The van der Waals surface area contributed by atoms with E-state index in [0.29, 0.717) is 16.9 Å². The average Bonchev–Trinajstić information content (AvgIpc) is 2.80. The summed E-state index contributed by atoms with van der Waals surface area (Å²) in [5, 5.41) is 5.38. The molecule has 0 saturated heterocycles. The van der Waals surface area contributed by atoms with Crippen LogP contribution in [0.2, 0.25) is 0 Å². The molecule has 3 rings (SSSR count). The largest absolute Gasteiger partial charge is 0.349 e. The van der Waals surface area contributed by atoms with Crippen molar-refractivity contribution in [3.05, 3.63) is 101 Å². The summed E-state index contributed by atoms with van der Waals surface area (Å²) in [4.78, 5) is 25.4. The predicted molar refractivity (Wildman–Crippen MR) is 135 cm³/mol. The molecule has 3 aromatic carbocycles. The van der Waals surface area contributed by atoms with Gasteiger partial charge in [0.2, 0.25) is 0 Å². The normalized spacial score (nSPS) is 10.9. The lowest BCUT2D eigenvalue weighted by molar-refractivity contribution is 0.0959.